The fraction of sp³-hybridized carbons (Fsp3) is 0.231. The summed E-state index contributed by atoms with van der Waals surface area (Å²) in [6, 6.07) is 12.1. The van der Waals surface area contributed by atoms with Crippen molar-refractivity contribution < 1.29 is 5.11 Å². The second-order valence-electron chi connectivity index (χ2n) is 3.76. The SMILES string of the molecule is Cn1ccc(C(CO)c2ccccc2)c1. The molecule has 2 nitrogen and oxygen atoms in total. The van der Waals surface area contributed by atoms with Gasteiger partial charge in [0.2, 0.25) is 0 Å². The molecule has 1 heterocycles. The highest BCUT2D eigenvalue weighted by molar-refractivity contribution is 5.31. The highest BCUT2D eigenvalue weighted by atomic mass is 16.3. The maximum Gasteiger partial charge on any atom is 0.0541 e. The molecule has 2 rings (SSSR count). The lowest BCUT2D eigenvalue weighted by atomic mass is 9.94. The average molecular weight is 201 g/mol. The Morgan fingerprint density at radius 1 is 1.13 bits per heavy atom. The highest BCUT2D eigenvalue weighted by Crippen LogP contribution is 2.23. The molecule has 0 radical (unpaired) electrons. The maximum absolute atomic E-state index is 9.43. The van der Waals surface area contributed by atoms with Crippen molar-refractivity contribution in [1.82, 2.24) is 4.57 Å². The van der Waals surface area contributed by atoms with E-state index in [2.05, 4.69) is 0 Å². The van der Waals surface area contributed by atoms with Gasteiger partial charge >= 0.3 is 0 Å². The molecular formula is C13H15NO. The maximum atomic E-state index is 9.43. The van der Waals surface area contributed by atoms with Crippen molar-refractivity contribution in [3.05, 3.63) is 59.9 Å². The van der Waals surface area contributed by atoms with E-state index in [4.69, 9.17) is 0 Å². The number of hydrogen-bond donors (Lipinski definition) is 1. The van der Waals surface area contributed by atoms with Gasteiger partial charge in [0.05, 0.1) is 6.61 Å². The van der Waals surface area contributed by atoms with Crippen LogP contribution in [-0.4, -0.2) is 16.3 Å². The second-order valence-corrected chi connectivity index (χ2v) is 3.76. The molecule has 0 bridgehead atoms. The molecule has 0 amide bonds. The van der Waals surface area contributed by atoms with Crippen molar-refractivity contribution in [3.63, 3.8) is 0 Å². The Hall–Kier alpha value is -1.54. The molecule has 0 aliphatic carbocycles. The average Bonchev–Trinajstić information content (AvgIpc) is 2.68. The molecule has 0 aliphatic heterocycles. The predicted octanol–water partition coefficient (Wildman–Crippen LogP) is 2.15. The van der Waals surface area contributed by atoms with Gasteiger partial charge in [0.15, 0.2) is 0 Å². The quantitative estimate of drug-likeness (QED) is 0.808. The molecule has 2 heteroatoms. The first kappa shape index (κ1) is 9.99. The lowest BCUT2D eigenvalue weighted by molar-refractivity contribution is 0.280. The standard InChI is InChI=1S/C13H15NO/c1-14-8-7-12(9-14)13(10-15)11-5-3-2-4-6-11/h2-9,13,15H,10H2,1H3. The van der Waals surface area contributed by atoms with E-state index in [1.807, 2.05) is 60.4 Å². The van der Waals surface area contributed by atoms with Crippen LogP contribution in [0.1, 0.15) is 17.0 Å². The Bertz CT molecular complexity index is 419. The van der Waals surface area contributed by atoms with Crippen molar-refractivity contribution in [2.24, 2.45) is 7.05 Å². The van der Waals surface area contributed by atoms with Crippen LogP contribution in [0.15, 0.2) is 48.8 Å². The van der Waals surface area contributed by atoms with Crippen LogP contribution in [0, 0.1) is 0 Å². The Balaban J connectivity index is 2.33. The third kappa shape index (κ3) is 2.10. The van der Waals surface area contributed by atoms with E-state index in [0.717, 1.165) is 11.1 Å². The number of nitrogens with zero attached hydrogens (tertiary/aromatic N) is 1. The van der Waals surface area contributed by atoms with Crippen molar-refractivity contribution in [3.8, 4) is 0 Å². The summed E-state index contributed by atoms with van der Waals surface area (Å²) in [5.74, 6) is 0.0902. The minimum absolute atomic E-state index is 0.0902. The van der Waals surface area contributed by atoms with Crippen molar-refractivity contribution >= 4 is 0 Å². The molecule has 0 saturated heterocycles. The van der Waals surface area contributed by atoms with Crippen LogP contribution in [0.25, 0.3) is 0 Å². The number of rotatable bonds is 3. The van der Waals surface area contributed by atoms with Gasteiger partial charge in [-0.1, -0.05) is 30.3 Å². The molecular weight excluding hydrogens is 186 g/mol. The fourth-order valence-corrected chi connectivity index (χ4v) is 1.82. The molecule has 1 atom stereocenters. The lowest BCUT2D eigenvalue weighted by Gasteiger charge is -2.12. The minimum Gasteiger partial charge on any atom is -0.395 e. The number of aliphatic hydroxyl groups excluding tert-OH is 1. The largest absolute Gasteiger partial charge is 0.395 e. The molecule has 1 N–H and O–H groups in total. The molecule has 0 fully saturated rings. The van der Waals surface area contributed by atoms with E-state index in [0.29, 0.717) is 0 Å². The summed E-state index contributed by atoms with van der Waals surface area (Å²) in [5, 5.41) is 9.43. The predicted molar refractivity (Wildman–Crippen MR) is 60.8 cm³/mol. The van der Waals surface area contributed by atoms with E-state index in [9.17, 15) is 5.11 Å². The van der Waals surface area contributed by atoms with Crippen LogP contribution in [0.2, 0.25) is 0 Å². The summed E-state index contributed by atoms with van der Waals surface area (Å²) in [7, 11) is 1.99. The van der Waals surface area contributed by atoms with Gasteiger partial charge in [-0.25, -0.2) is 0 Å². The number of aryl methyl sites for hydroxylation is 1. The van der Waals surface area contributed by atoms with Crippen LogP contribution in [0.4, 0.5) is 0 Å². The molecule has 0 saturated carbocycles. The van der Waals surface area contributed by atoms with E-state index >= 15 is 0 Å². The Morgan fingerprint density at radius 2 is 1.87 bits per heavy atom. The number of benzene rings is 1. The first-order valence-corrected chi connectivity index (χ1v) is 5.09. The number of hydrogen-bond acceptors (Lipinski definition) is 1. The summed E-state index contributed by atoms with van der Waals surface area (Å²) < 4.78 is 2.00. The summed E-state index contributed by atoms with van der Waals surface area (Å²) >= 11 is 0. The number of aliphatic hydroxyl groups is 1. The molecule has 15 heavy (non-hydrogen) atoms. The number of aromatic nitrogens is 1. The first-order chi connectivity index (χ1) is 7.31. The second kappa shape index (κ2) is 4.32. The molecule has 2 aromatic rings. The van der Waals surface area contributed by atoms with Gasteiger partial charge in [0.25, 0.3) is 0 Å². The topological polar surface area (TPSA) is 25.2 Å². The zero-order chi connectivity index (χ0) is 10.7. The van der Waals surface area contributed by atoms with Crippen molar-refractivity contribution in [2.45, 2.75) is 5.92 Å². The van der Waals surface area contributed by atoms with Crippen LogP contribution < -0.4 is 0 Å². The van der Waals surface area contributed by atoms with Crippen molar-refractivity contribution in [2.75, 3.05) is 6.61 Å². The smallest absolute Gasteiger partial charge is 0.0541 e. The monoisotopic (exact) mass is 201 g/mol. The molecule has 1 aromatic carbocycles. The van der Waals surface area contributed by atoms with E-state index < -0.39 is 0 Å². The van der Waals surface area contributed by atoms with E-state index in [1.54, 1.807) is 0 Å². The zero-order valence-corrected chi connectivity index (χ0v) is 8.80. The first-order valence-electron chi connectivity index (χ1n) is 5.09. The lowest BCUT2D eigenvalue weighted by Crippen LogP contribution is -2.04. The Labute approximate surface area is 89.8 Å². The summed E-state index contributed by atoms with van der Waals surface area (Å²) in [6.07, 6.45) is 4.05. The van der Waals surface area contributed by atoms with Gasteiger partial charge < -0.3 is 9.67 Å². The van der Waals surface area contributed by atoms with Crippen LogP contribution in [0.5, 0.6) is 0 Å². The van der Waals surface area contributed by atoms with Gasteiger partial charge in [-0.05, 0) is 17.2 Å². The molecule has 1 aromatic heterocycles. The summed E-state index contributed by atoms with van der Waals surface area (Å²) in [4.78, 5) is 0. The van der Waals surface area contributed by atoms with Crippen molar-refractivity contribution in [1.29, 1.82) is 0 Å². The van der Waals surface area contributed by atoms with Gasteiger partial charge in [0, 0.05) is 25.4 Å². The molecule has 0 aliphatic rings. The third-order valence-electron chi connectivity index (χ3n) is 2.64. The van der Waals surface area contributed by atoms with E-state index in [1.165, 1.54) is 0 Å². The van der Waals surface area contributed by atoms with Crippen LogP contribution in [0.3, 0.4) is 0 Å². The van der Waals surface area contributed by atoms with Gasteiger partial charge in [-0.15, -0.1) is 0 Å². The molecule has 78 valence electrons. The molecule has 1 unspecified atom stereocenters. The third-order valence-corrected chi connectivity index (χ3v) is 2.64. The van der Waals surface area contributed by atoms with Gasteiger partial charge in [-0.3, -0.25) is 0 Å². The highest BCUT2D eigenvalue weighted by Gasteiger charge is 2.13. The fourth-order valence-electron chi connectivity index (χ4n) is 1.82. The van der Waals surface area contributed by atoms with Gasteiger partial charge in [-0.2, -0.15) is 0 Å². The zero-order valence-electron chi connectivity index (χ0n) is 8.80. The van der Waals surface area contributed by atoms with Crippen LogP contribution in [-0.2, 0) is 7.05 Å². The summed E-state index contributed by atoms with van der Waals surface area (Å²) in [5.41, 5.74) is 2.32. The Kier molecular flexibility index (Phi) is 2.88. The summed E-state index contributed by atoms with van der Waals surface area (Å²) in [6.45, 7) is 0.147. The Morgan fingerprint density at radius 3 is 2.40 bits per heavy atom. The van der Waals surface area contributed by atoms with E-state index in [-0.39, 0.29) is 12.5 Å². The van der Waals surface area contributed by atoms with Crippen LogP contribution >= 0.6 is 0 Å². The molecule has 0 spiro atoms. The minimum atomic E-state index is 0.0902. The normalized spacial score (nSPS) is 12.7. The van der Waals surface area contributed by atoms with Gasteiger partial charge in [0.1, 0.15) is 0 Å².